The number of nitrogens with one attached hydrogen (secondary N) is 1. The van der Waals surface area contributed by atoms with Gasteiger partial charge in [-0.2, -0.15) is 10.1 Å². The molecular weight excluding hydrogens is 463 g/mol. The summed E-state index contributed by atoms with van der Waals surface area (Å²) >= 11 is 7.53. The standard InChI is InChI=1S/C24H16ClFN4O2S/c25-18-9-5-4-8-17(18)22-29-30-23(32)20(27-21(31)15-6-2-1-3-7-15)19(28-24(30)33-22)14-10-12-16(26)13-11-14/h1-13,19-20H,(H,27,31)/t19-,20+/m1/s1. The van der Waals surface area contributed by atoms with E-state index in [9.17, 15) is 14.0 Å². The van der Waals surface area contributed by atoms with Crippen LogP contribution in [-0.2, 0) is 4.79 Å². The van der Waals surface area contributed by atoms with Gasteiger partial charge >= 0.3 is 0 Å². The number of hydrogen-bond donors (Lipinski definition) is 1. The summed E-state index contributed by atoms with van der Waals surface area (Å²) in [5, 5.41) is 9.82. The second-order valence-corrected chi connectivity index (χ2v) is 8.73. The molecule has 2 heterocycles. The predicted molar refractivity (Wildman–Crippen MR) is 127 cm³/mol. The van der Waals surface area contributed by atoms with Crippen LogP contribution in [0.25, 0.3) is 0 Å². The zero-order valence-electron chi connectivity index (χ0n) is 17.0. The molecule has 0 aromatic heterocycles. The first kappa shape index (κ1) is 21.4. The van der Waals surface area contributed by atoms with Gasteiger partial charge < -0.3 is 5.32 Å². The number of benzene rings is 3. The normalized spacial score (nSPS) is 19.6. The average molecular weight is 479 g/mol. The second-order valence-electron chi connectivity index (χ2n) is 7.36. The van der Waals surface area contributed by atoms with Crippen molar-refractivity contribution in [3.63, 3.8) is 0 Å². The number of hydrogen-bond acceptors (Lipinski definition) is 5. The molecule has 0 aliphatic carbocycles. The zero-order valence-corrected chi connectivity index (χ0v) is 18.6. The van der Waals surface area contributed by atoms with Crippen LogP contribution in [-0.4, -0.2) is 33.1 Å². The molecule has 164 valence electrons. The highest BCUT2D eigenvalue weighted by atomic mass is 35.5. The number of amidine groups is 1. The molecule has 2 aliphatic rings. The quantitative estimate of drug-likeness (QED) is 0.594. The number of hydrazone groups is 1. The minimum absolute atomic E-state index is 0.370. The molecule has 0 bridgehead atoms. The van der Waals surface area contributed by atoms with Crippen molar-refractivity contribution in [3.8, 4) is 0 Å². The monoisotopic (exact) mass is 478 g/mol. The van der Waals surface area contributed by atoms with Gasteiger partial charge in [0, 0.05) is 11.1 Å². The van der Waals surface area contributed by atoms with Crippen LogP contribution >= 0.6 is 23.4 Å². The van der Waals surface area contributed by atoms with Crippen LogP contribution in [0.3, 0.4) is 0 Å². The SMILES string of the molecule is O=C(N[C@@H]1C(=O)N2N=C(c3ccccc3Cl)SC2=N[C@@H]1c1ccc(F)cc1)c1ccccc1. The van der Waals surface area contributed by atoms with Crippen molar-refractivity contribution < 1.29 is 14.0 Å². The van der Waals surface area contributed by atoms with Crippen molar-refractivity contribution in [1.82, 2.24) is 10.3 Å². The molecule has 3 aromatic rings. The van der Waals surface area contributed by atoms with Gasteiger partial charge in [0.05, 0.1) is 5.02 Å². The van der Waals surface area contributed by atoms with Gasteiger partial charge in [0.25, 0.3) is 11.8 Å². The van der Waals surface area contributed by atoms with E-state index in [4.69, 9.17) is 16.6 Å². The topological polar surface area (TPSA) is 74.1 Å². The lowest BCUT2D eigenvalue weighted by Gasteiger charge is -2.31. The molecule has 0 fully saturated rings. The number of fused-ring (bicyclic) bond motifs is 1. The summed E-state index contributed by atoms with van der Waals surface area (Å²) in [6.45, 7) is 0. The second kappa shape index (κ2) is 8.80. The number of aliphatic imine (C=N–C) groups is 1. The summed E-state index contributed by atoms with van der Waals surface area (Å²) in [6.07, 6.45) is 0. The van der Waals surface area contributed by atoms with E-state index in [0.717, 1.165) is 0 Å². The van der Waals surface area contributed by atoms with Crippen molar-refractivity contribution in [2.45, 2.75) is 12.1 Å². The Hall–Kier alpha value is -3.49. The van der Waals surface area contributed by atoms with Gasteiger partial charge in [0.1, 0.15) is 22.9 Å². The molecule has 2 aliphatic heterocycles. The fourth-order valence-electron chi connectivity index (χ4n) is 3.59. The maximum Gasteiger partial charge on any atom is 0.274 e. The van der Waals surface area contributed by atoms with Crippen molar-refractivity contribution >= 4 is 45.4 Å². The molecule has 0 unspecified atom stereocenters. The van der Waals surface area contributed by atoms with E-state index < -0.39 is 29.7 Å². The average Bonchev–Trinajstić information content (AvgIpc) is 3.26. The first-order chi connectivity index (χ1) is 16.0. The summed E-state index contributed by atoms with van der Waals surface area (Å²) in [5.41, 5.74) is 1.69. The molecule has 0 saturated carbocycles. The van der Waals surface area contributed by atoms with Crippen molar-refractivity contribution in [2.75, 3.05) is 0 Å². The maximum absolute atomic E-state index is 13.5. The van der Waals surface area contributed by atoms with Gasteiger partial charge in [0.2, 0.25) is 0 Å². The predicted octanol–water partition coefficient (Wildman–Crippen LogP) is 4.63. The largest absolute Gasteiger partial charge is 0.338 e. The molecule has 9 heteroatoms. The van der Waals surface area contributed by atoms with Crippen LogP contribution in [0.1, 0.15) is 27.5 Å². The third kappa shape index (κ3) is 4.15. The highest BCUT2D eigenvalue weighted by Gasteiger charge is 2.44. The van der Waals surface area contributed by atoms with Crippen molar-refractivity contribution in [3.05, 3.63) is 106 Å². The summed E-state index contributed by atoms with van der Waals surface area (Å²) in [5.74, 6) is -1.25. The highest BCUT2D eigenvalue weighted by Crippen LogP contribution is 2.36. The Kier molecular flexibility index (Phi) is 5.70. The number of carbonyl (C=O) groups excluding carboxylic acids is 2. The van der Waals surface area contributed by atoms with Crippen LogP contribution in [0.5, 0.6) is 0 Å². The fourth-order valence-corrected chi connectivity index (χ4v) is 4.84. The molecule has 3 aromatic carbocycles. The van der Waals surface area contributed by atoms with E-state index in [-0.39, 0.29) is 0 Å². The van der Waals surface area contributed by atoms with Crippen LogP contribution in [0.2, 0.25) is 5.02 Å². The molecule has 2 amide bonds. The molecule has 0 radical (unpaired) electrons. The van der Waals surface area contributed by atoms with Crippen molar-refractivity contribution in [1.29, 1.82) is 0 Å². The Bertz CT molecular complexity index is 1300. The van der Waals surface area contributed by atoms with E-state index in [2.05, 4.69) is 10.4 Å². The smallest absolute Gasteiger partial charge is 0.274 e. The molecule has 2 atom stereocenters. The molecule has 0 saturated heterocycles. The molecule has 6 nitrogen and oxygen atoms in total. The lowest BCUT2D eigenvalue weighted by atomic mass is 9.97. The first-order valence-electron chi connectivity index (χ1n) is 10.1. The van der Waals surface area contributed by atoms with Crippen LogP contribution in [0, 0.1) is 5.82 Å². The molecule has 0 spiro atoms. The van der Waals surface area contributed by atoms with Crippen LogP contribution in [0.4, 0.5) is 4.39 Å². The van der Waals surface area contributed by atoms with E-state index in [0.29, 0.717) is 31.9 Å². The highest BCUT2D eigenvalue weighted by molar-refractivity contribution is 8.27. The Morgan fingerprint density at radius 3 is 2.42 bits per heavy atom. The lowest BCUT2D eigenvalue weighted by molar-refractivity contribution is -0.130. The van der Waals surface area contributed by atoms with Gasteiger partial charge in [-0.15, -0.1) is 0 Å². The van der Waals surface area contributed by atoms with Gasteiger partial charge in [-0.25, -0.2) is 9.38 Å². The van der Waals surface area contributed by atoms with Gasteiger partial charge in [-0.05, 0) is 47.7 Å². The Balaban J connectivity index is 1.52. The van der Waals surface area contributed by atoms with E-state index >= 15 is 0 Å². The molecule has 5 rings (SSSR count). The number of thioether (sulfide) groups is 1. The van der Waals surface area contributed by atoms with Crippen molar-refractivity contribution in [2.24, 2.45) is 10.1 Å². The third-order valence-electron chi connectivity index (χ3n) is 5.24. The van der Waals surface area contributed by atoms with Gasteiger partial charge in [0.15, 0.2) is 5.17 Å². The molecular formula is C24H16ClFN4O2S. The fraction of sp³-hybridized carbons (Fsp3) is 0.0833. The Morgan fingerprint density at radius 2 is 1.70 bits per heavy atom. The summed E-state index contributed by atoms with van der Waals surface area (Å²) in [4.78, 5) is 31.1. The summed E-state index contributed by atoms with van der Waals surface area (Å²) in [6, 6.07) is 19.7. The van der Waals surface area contributed by atoms with E-state index in [1.165, 1.54) is 28.9 Å². The Labute approximate surface area is 198 Å². The number of nitrogens with zero attached hydrogens (tertiary/aromatic N) is 3. The zero-order chi connectivity index (χ0) is 22.9. The number of amides is 2. The molecule has 1 N–H and O–H groups in total. The maximum atomic E-state index is 13.5. The minimum Gasteiger partial charge on any atom is -0.338 e. The van der Waals surface area contributed by atoms with Gasteiger partial charge in [-0.1, -0.05) is 60.1 Å². The number of halogens is 2. The molecule has 33 heavy (non-hydrogen) atoms. The Morgan fingerprint density at radius 1 is 1.00 bits per heavy atom. The summed E-state index contributed by atoms with van der Waals surface area (Å²) < 4.78 is 13.5. The minimum atomic E-state index is -1.03. The number of carbonyl (C=O) groups is 2. The van der Waals surface area contributed by atoms with E-state index in [1.54, 1.807) is 48.5 Å². The third-order valence-corrected chi connectivity index (χ3v) is 6.52. The van der Waals surface area contributed by atoms with Crippen LogP contribution in [0.15, 0.2) is 89.0 Å². The van der Waals surface area contributed by atoms with Gasteiger partial charge in [-0.3, -0.25) is 9.59 Å². The van der Waals surface area contributed by atoms with Crippen LogP contribution < -0.4 is 5.32 Å². The van der Waals surface area contributed by atoms with E-state index in [1.807, 2.05) is 18.2 Å². The first-order valence-corrected chi connectivity index (χ1v) is 11.3. The lowest BCUT2D eigenvalue weighted by Crippen LogP contribution is -2.53. The number of rotatable bonds is 4. The summed E-state index contributed by atoms with van der Waals surface area (Å²) in [7, 11) is 0.